The van der Waals surface area contributed by atoms with E-state index in [1.165, 1.54) is 6.42 Å². The fraction of sp³-hybridized carbons (Fsp3) is 0.286. The normalized spacial score (nSPS) is 13.6. The monoisotopic (exact) mass is 458 g/mol. The molecule has 0 aliphatic carbocycles. The highest BCUT2D eigenvalue weighted by atomic mass is 16.5. The molecular weight excluding hydrogens is 428 g/mol. The van der Waals surface area contributed by atoms with E-state index in [4.69, 9.17) is 14.2 Å². The Morgan fingerprint density at radius 2 is 1.71 bits per heavy atom. The molecule has 1 aliphatic heterocycles. The fourth-order valence-electron chi connectivity index (χ4n) is 3.91. The van der Waals surface area contributed by atoms with E-state index in [9.17, 15) is 4.79 Å². The molecule has 1 amide bonds. The topological polar surface area (TPSA) is 60.4 Å². The minimum absolute atomic E-state index is 0.111. The van der Waals surface area contributed by atoms with Crippen molar-refractivity contribution in [1.82, 2.24) is 4.90 Å². The van der Waals surface area contributed by atoms with E-state index in [-0.39, 0.29) is 5.91 Å². The lowest BCUT2D eigenvalue weighted by Crippen LogP contribution is -2.35. The molecule has 0 N–H and O–H groups in total. The van der Waals surface area contributed by atoms with Crippen LogP contribution in [-0.4, -0.2) is 44.3 Å². The molecule has 176 valence electrons. The van der Waals surface area contributed by atoms with E-state index in [0.717, 1.165) is 54.1 Å². The summed E-state index contributed by atoms with van der Waals surface area (Å²) >= 11 is 0. The maximum Gasteiger partial charge on any atom is 0.253 e. The van der Waals surface area contributed by atoms with Gasteiger partial charge in [-0.05, 0) is 72.9 Å². The molecule has 4 rings (SSSR count). The Morgan fingerprint density at radius 3 is 2.44 bits per heavy atom. The number of likely N-dealkylation sites (tertiary alicyclic amines) is 1. The van der Waals surface area contributed by atoms with Crippen molar-refractivity contribution in [3.63, 3.8) is 0 Å². The summed E-state index contributed by atoms with van der Waals surface area (Å²) in [6.45, 7) is 2.08. The van der Waals surface area contributed by atoms with Gasteiger partial charge >= 0.3 is 0 Å². The third kappa shape index (κ3) is 5.95. The van der Waals surface area contributed by atoms with Gasteiger partial charge in [-0.3, -0.25) is 9.79 Å². The Kier molecular flexibility index (Phi) is 7.81. The van der Waals surface area contributed by atoms with Crippen molar-refractivity contribution in [1.29, 1.82) is 0 Å². The van der Waals surface area contributed by atoms with Crippen LogP contribution in [0.1, 0.15) is 40.7 Å². The highest BCUT2D eigenvalue weighted by Gasteiger charge is 2.18. The summed E-state index contributed by atoms with van der Waals surface area (Å²) in [5.41, 5.74) is 3.41. The maximum atomic E-state index is 12.6. The first kappa shape index (κ1) is 23.4. The van der Waals surface area contributed by atoms with Crippen LogP contribution >= 0.6 is 0 Å². The SMILES string of the molecule is COc1cccc(N=Cc2ccc(OCc3ccc(C(=O)N4CCCCC4)cc3)c(OC)c2)c1. The molecule has 1 heterocycles. The average Bonchev–Trinajstić information content (AvgIpc) is 2.91. The number of rotatable bonds is 8. The number of piperidine rings is 1. The highest BCUT2D eigenvalue weighted by Crippen LogP contribution is 2.29. The van der Waals surface area contributed by atoms with Gasteiger partial charge in [-0.2, -0.15) is 0 Å². The van der Waals surface area contributed by atoms with E-state index in [1.807, 2.05) is 71.6 Å². The first-order valence-corrected chi connectivity index (χ1v) is 11.5. The Hall–Kier alpha value is -3.80. The van der Waals surface area contributed by atoms with Crippen molar-refractivity contribution in [2.45, 2.75) is 25.9 Å². The number of carbonyl (C=O) groups is 1. The number of ether oxygens (including phenoxy) is 3. The lowest BCUT2D eigenvalue weighted by atomic mass is 10.1. The lowest BCUT2D eigenvalue weighted by Gasteiger charge is -2.26. The number of hydrogen-bond donors (Lipinski definition) is 0. The second-order valence-corrected chi connectivity index (χ2v) is 8.21. The van der Waals surface area contributed by atoms with Crippen molar-refractivity contribution < 1.29 is 19.0 Å². The predicted octanol–water partition coefficient (Wildman–Crippen LogP) is 5.66. The molecule has 0 saturated carbocycles. The molecule has 0 spiro atoms. The zero-order valence-corrected chi connectivity index (χ0v) is 19.7. The molecule has 0 aromatic heterocycles. The van der Waals surface area contributed by atoms with E-state index in [1.54, 1.807) is 20.4 Å². The minimum Gasteiger partial charge on any atom is -0.497 e. The van der Waals surface area contributed by atoms with Gasteiger partial charge in [-0.25, -0.2) is 0 Å². The summed E-state index contributed by atoms with van der Waals surface area (Å²) in [6.07, 6.45) is 5.16. The second-order valence-electron chi connectivity index (χ2n) is 8.21. The van der Waals surface area contributed by atoms with Crippen LogP contribution < -0.4 is 14.2 Å². The Morgan fingerprint density at radius 1 is 0.912 bits per heavy atom. The van der Waals surface area contributed by atoms with Gasteiger partial charge in [0.2, 0.25) is 0 Å². The van der Waals surface area contributed by atoms with Crippen molar-refractivity contribution in [3.8, 4) is 17.2 Å². The summed E-state index contributed by atoms with van der Waals surface area (Å²) < 4.78 is 16.8. The first-order chi connectivity index (χ1) is 16.7. The molecule has 1 aliphatic rings. The molecule has 3 aromatic carbocycles. The molecule has 0 atom stereocenters. The van der Waals surface area contributed by atoms with E-state index < -0.39 is 0 Å². The maximum absolute atomic E-state index is 12.6. The van der Waals surface area contributed by atoms with Crippen LogP contribution in [0.4, 0.5) is 5.69 Å². The summed E-state index contributed by atoms with van der Waals surface area (Å²) in [4.78, 5) is 19.1. The molecule has 0 bridgehead atoms. The Labute approximate surface area is 200 Å². The predicted molar refractivity (Wildman–Crippen MR) is 134 cm³/mol. The number of methoxy groups -OCH3 is 2. The van der Waals surface area contributed by atoms with Crippen LogP contribution in [0.15, 0.2) is 71.7 Å². The van der Waals surface area contributed by atoms with Crippen molar-refractivity contribution >= 4 is 17.8 Å². The lowest BCUT2D eigenvalue weighted by molar-refractivity contribution is 0.0724. The quantitative estimate of drug-likeness (QED) is 0.409. The van der Waals surface area contributed by atoms with Crippen LogP contribution in [0, 0.1) is 0 Å². The summed E-state index contributed by atoms with van der Waals surface area (Å²) in [7, 11) is 3.25. The van der Waals surface area contributed by atoms with Crippen molar-refractivity contribution in [2.75, 3.05) is 27.3 Å². The molecule has 3 aromatic rings. The van der Waals surface area contributed by atoms with Crippen LogP contribution in [0.5, 0.6) is 17.2 Å². The molecule has 0 radical (unpaired) electrons. The number of carbonyl (C=O) groups excluding carboxylic acids is 1. The zero-order chi connectivity index (χ0) is 23.8. The number of benzene rings is 3. The number of nitrogens with zero attached hydrogens (tertiary/aromatic N) is 2. The van der Waals surface area contributed by atoms with E-state index in [0.29, 0.717) is 18.1 Å². The fourth-order valence-corrected chi connectivity index (χ4v) is 3.91. The van der Waals surface area contributed by atoms with Gasteiger partial charge in [0.05, 0.1) is 19.9 Å². The number of amides is 1. The third-order valence-electron chi connectivity index (χ3n) is 5.84. The first-order valence-electron chi connectivity index (χ1n) is 11.5. The van der Waals surface area contributed by atoms with E-state index >= 15 is 0 Å². The van der Waals surface area contributed by atoms with Gasteiger partial charge in [0.1, 0.15) is 12.4 Å². The summed E-state index contributed by atoms with van der Waals surface area (Å²) in [6, 6.07) is 20.9. The molecule has 6 heteroatoms. The smallest absolute Gasteiger partial charge is 0.253 e. The zero-order valence-electron chi connectivity index (χ0n) is 19.7. The average molecular weight is 459 g/mol. The molecule has 0 unspecified atom stereocenters. The van der Waals surface area contributed by atoms with Crippen molar-refractivity contribution in [2.24, 2.45) is 4.99 Å². The number of hydrogen-bond acceptors (Lipinski definition) is 5. The van der Waals surface area contributed by atoms with Gasteiger partial charge in [-0.1, -0.05) is 18.2 Å². The van der Waals surface area contributed by atoms with Crippen LogP contribution in [0.25, 0.3) is 0 Å². The second kappa shape index (κ2) is 11.4. The third-order valence-corrected chi connectivity index (χ3v) is 5.84. The largest absolute Gasteiger partial charge is 0.497 e. The van der Waals surface area contributed by atoms with Gasteiger partial charge < -0.3 is 19.1 Å². The van der Waals surface area contributed by atoms with E-state index in [2.05, 4.69) is 4.99 Å². The van der Waals surface area contributed by atoms with Crippen LogP contribution in [-0.2, 0) is 6.61 Å². The van der Waals surface area contributed by atoms with Crippen LogP contribution in [0.3, 0.4) is 0 Å². The van der Waals surface area contributed by atoms with Crippen molar-refractivity contribution in [3.05, 3.63) is 83.4 Å². The van der Waals surface area contributed by atoms with Gasteiger partial charge in [0.15, 0.2) is 11.5 Å². The standard InChI is InChI=1S/C28H30N2O4/c1-32-25-8-6-7-24(18-25)29-19-22-11-14-26(27(17-22)33-2)34-20-21-9-12-23(13-10-21)28(31)30-15-4-3-5-16-30/h6-14,17-19H,3-5,15-16,20H2,1-2H3. The molecule has 1 saturated heterocycles. The summed E-state index contributed by atoms with van der Waals surface area (Å²) in [5.74, 6) is 2.15. The summed E-state index contributed by atoms with van der Waals surface area (Å²) in [5, 5.41) is 0. The number of aliphatic imine (C=N–C) groups is 1. The highest BCUT2D eigenvalue weighted by molar-refractivity contribution is 5.94. The Bertz CT molecular complexity index is 1140. The van der Waals surface area contributed by atoms with Gasteiger partial charge in [0, 0.05) is 30.9 Å². The molecule has 34 heavy (non-hydrogen) atoms. The molecule has 6 nitrogen and oxygen atoms in total. The Balaban J connectivity index is 1.38. The van der Waals surface area contributed by atoms with Gasteiger partial charge in [-0.15, -0.1) is 0 Å². The molecular formula is C28H30N2O4. The van der Waals surface area contributed by atoms with Crippen LogP contribution in [0.2, 0.25) is 0 Å². The van der Waals surface area contributed by atoms with Gasteiger partial charge in [0.25, 0.3) is 5.91 Å². The minimum atomic E-state index is 0.111. The molecule has 1 fully saturated rings.